The fourth-order valence-corrected chi connectivity index (χ4v) is 1.32. The van der Waals surface area contributed by atoms with Crippen LogP contribution in [0.25, 0.3) is 0 Å². The van der Waals surface area contributed by atoms with E-state index in [2.05, 4.69) is 15.5 Å². The third-order valence-corrected chi connectivity index (χ3v) is 2.22. The number of carbonyl (C=O) groups excluding carboxylic acids is 1. The SMILES string of the molecule is Cc1cc(C(=O)Nc2cn[nH]c2)ccc1O. The minimum absolute atomic E-state index is 0.180. The molecule has 2 rings (SSSR count). The van der Waals surface area contributed by atoms with Crippen LogP contribution < -0.4 is 5.32 Å². The quantitative estimate of drug-likeness (QED) is 0.716. The van der Waals surface area contributed by atoms with Crippen molar-refractivity contribution in [3.8, 4) is 5.75 Å². The van der Waals surface area contributed by atoms with E-state index in [1.807, 2.05) is 0 Å². The number of phenolic OH excluding ortho intramolecular Hbond substituents is 1. The van der Waals surface area contributed by atoms with Crippen molar-refractivity contribution in [1.29, 1.82) is 0 Å². The standard InChI is InChI=1S/C11H11N3O2/c1-7-4-8(2-3-10(7)15)11(16)14-9-5-12-13-6-9/h2-6,15H,1H3,(H,12,13)(H,14,16). The van der Waals surface area contributed by atoms with E-state index < -0.39 is 0 Å². The van der Waals surface area contributed by atoms with Gasteiger partial charge in [-0.05, 0) is 30.7 Å². The Kier molecular flexibility index (Phi) is 2.59. The lowest BCUT2D eigenvalue weighted by molar-refractivity contribution is 0.102. The third-order valence-electron chi connectivity index (χ3n) is 2.22. The molecule has 0 saturated heterocycles. The van der Waals surface area contributed by atoms with Crippen LogP contribution in [0.5, 0.6) is 5.75 Å². The molecule has 0 aliphatic carbocycles. The number of hydrogen-bond acceptors (Lipinski definition) is 3. The van der Waals surface area contributed by atoms with Crippen molar-refractivity contribution in [1.82, 2.24) is 10.2 Å². The Bertz CT molecular complexity index is 506. The Morgan fingerprint density at radius 3 is 2.94 bits per heavy atom. The summed E-state index contributed by atoms with van der Waals surface area (Å²) in [4.78, 5) is 11.7. The van der Waals surface area contributed by atoms with Gasteiger partial charge in [-0.15, -0.1) is 0 Å². The second kappa shape index (κ2) is 4.06. The molecule has 3 N–H and O–H groups in total. The largest absolute Gasteiger partial charge is 0.508 e. The van der Waals surface area contributed by atoms with Gasteiger partial charge < -0.3 is 10.4 Å². The monoisotopic (exact) mass is 217 g/mol. The molecular weight excluding hydrogens is 206 g/mol. The minimum Gasteiger partial charge on any atom is -0.508 e. The highest BCUT2D eigenvalue weighted by molar-refractivity contribution is 6.04. The predicted molar refractivity (Wildman–Crippen MR) is 59.4 cm³/mol. The van der Waals surface area contributed by atoms with E-state index in [9.17, 15) is 9.90 Å². The summed E-state index contributed by atoms with van der Waals surface area (Å²) in [6, 6.07) is 4.70. The van der Waals surface area contributed by atoms with Gasteiger partial charge in [-0.2, -0.15) is 5.10 Å². The number of anilines is 1. The zero-order chi connectivity index (χ0) is 11.5. The Balaban J connectivity index is 2.18. The summed E-state index contributed by atoms with van der Waals surface area (Å²) >= 11 is 0. The number of aromatic nitrogens is 2. The zero-order valence-corrected chi connectivity index (χ0v) is 8.69. The maximum Gasteiger partial charge on any atom is 0.255 e. The average Bonchev–Trinajstić information content (AvgIpc) is 2.74. The van der Waals surface area contributed by atoms with Crippen LogP contribution in [0.3, 0.4) is 0 Å². The van der Waals surface area contributed by atoms with Gasteiger partial charge in [0.05, 0.1) is 11.9 Å². The van der Waals surface area contributed by atoms with Crippen molar-refractivity contribution < 1.29 is 9.90 Å². The van der Waals surface area contributed by atoms with E-state index in [0.29, 0.717) is 16.8 Å². The van der Waals surface area contributed by atoms with Crippen molar-refractivity contribution in [2.24, 2.45) is 0 Å². The van der Waals surface area contributed by atoms with E-state index in [1.165, 1.54) is 12.3 Å². The molecule has 0 saturated carbocycles. The molecule has 0 aliphatic heterocycles. The second-order valence-corrected chi connectivity index (χ2v) is 3.44. The maximum atomic E-state index is 11.7. The van der Waals surface area contributed by atoms with Crippen LogP contribution in [0.1, 0.15) is 15.9 Å². The van der Waals surface area contributed by atoms with Gasteiger partial charge >= 0.3 is 0 Å². The fraction of sp³-hybridized carbons (Fsp3) is 0.0909. The first kappa shape index (κ1) is 10.2. The average molecular weight is 217 g/mol. The lowest BCUT2D eigenvalue weighted by atomic mass is 10.1. The van der Waals surface area contributed by atoms with Gasteiger partial charge in [0.25, 0.3) is 5.91 Å². The van der Waals surface area contributed by atoms with Crippen LogP contribution in [0, 0.1) is 6.92 Å². The first-order valence-electron chi connectivity index (χ1n) is 4.76. The lowest BCUT2D eigenvalue weighted by Crippen LogP contribution is -2.11. The van der Waals surface area contributed by atoms with Gasteiger partial charge in [-0.25, -0.2) is 0 Å². The fourth-order valence-electron chi connectivity index (χ4n) is 1.32. The molecule has 82 valence electrons. The van der Waals surface area contributed by atoms with Gasteiger partial charge in [0.15, 0.2) is 0 Å². The molecule has 1 aromatic carbocycles. The lowest BCUT2D eigenvalue weighted by Gasteiger charge is -2.04. The number of phenols is 1. The number of rotatable bonds is 2. The van der Waals surface area contributed by atoms with Gasteiger partial charge in [0.1, 0.15) is 5.75 Å². The molecule has 0 unspecified atom stereocenters. The number of aryl methyl sites for hydroxylation is 1. The smallest absolute Gasteiger partial charge is 0.255 e. The topological polar surface area (TPSA) is 78.0 Å². The van der Waals surface area contributed by atoms with E-state index in [1.54, 1.807) is 25.3 Å². The number of nitrogens with zero attached hydrogens (tertiary/aromatic N) is 1. The number of carbonyl (C=O) groups is 1. The van der Waals surface area contributed by atoms with Crippen LogP contribution in [-0.4, -0.2) is 21.2 Å². The molecule has 0 radical (unpaired) electrons. The summed E-state index contributed by atoms with van der Waals surface area (Å²) in [7, 11) is 0. The summed E-state index contributed by atoms with van der Waals surface area (Å²) in [6.45, 7) is 1.74. The van der Waals surface area contributed by atoms with Crippen LogP contribution in [-0.2, 0) is 0 Å². The van der Waals surface area contributed by atoms with Crippen LogP contribution in [0.2, 0.25) is 0 Å². The molecular formula is C11H11N3O2. The maximum absolute atomic E-state index is 11.7. The summed E-state index contributed by atoms with van der Waals surface area (Å²) in [5.41, 5.74) is 1.77. The van der Waals surface area contributed by atoms with Crippen molar-refractivity contribution in [2.75, 3.05) is 5.32 Å². The number of hydrogen-bond donors (Lipinski definition) is 3. The molecule has 0 atom stereocenters. The summed E-state index contributed by atoms with van der Waals surface area (Å²) < 4.78 is 0. The first-order valence-corrected chi connectivity index (χ1v) is 4.76. The molecule has 16 heavy (non-hydrogen) atoms. The molecule has 5 nitrogen and oxygen atoms in total. The van der Waals surface area contributed by atoms with Gasteiger partial charge in [-0.3, -0.25) is 9.89 Å². The molecule has 0 aliphatic rings. The number of aromatic hydroxyl groups is 1. The van der Waals surface area contributed by atoms with E-state index in [-0.39, 0.29) is 11.7 Å². The van der Waals surface area contributed by atoms with E-state index in [4.69, 9.17) is 0 Å². The number of aromatic amines is 1. The van der Waals surface area contributed by atoms with Gasteiger partial charge in [0, 0.05) is 11.8 Å². The summed E-state index contributed by atoms with van der Waals surface area (Å²) in [6.07, 6.45) is 3.11. The number of nitrogens with one attached hydrogen (secondary N) is 2. The number of amides is 1. The molecule has 1 amide bonds. The number of H-pyrrole nitrogens is 1. The second-order valence-electron chi connectivity index (χ2n) is 3.44. The Hall–Kier alpha value is -2.30. The van der Waals surface area contributed by atoms with Crippen LogP contribution in [0.4, 0.5) is 5.69 Å². The minimum atomic E-state index is -0.232. The van der Waals surface area contributed by atoms with Crippen molar-refractivity contribution in [2.45, 2.75) is 6.92 Å². The van der Waals surface area contributed by atoms with Crippen molar-refractivity contribution in [3.05, 3.63) is 41.7 Å². The van der Waals surface area contributed by atoms with Crippen molar-refractivity contribution >= 4 is 11.6 Å². The first-order chi connectivity index (χ1) is 7.66. The third kappa shape index (κ3) is 2.03. The zero-order valence-electron chi connectivity index (χ0n) is 8.69. The molecule has 0 fully saturated rings. The van der Waals surface area contributed by atoms with E-state index in [0.717, 1.165) is 0 Å². The highest BCUT2D eigenvalue weighted by Crippen LogP contribution is 2.17. The van der Waals surface area contributed by atoms with Crippen LogP contribution in [0.15, 0.2) is 30.6 Å². The van der Waals surface area contributed by atoms with Crippen molar-refractivity contribution in [3.63, 3.8) is 0 Å². The Labute approximate surface area is 92.1 Å². The van der Waals surface area contributed by atoms with E-state index >= 15 is 0 Å². The summed E-state index contributed by atoms with van der Waals surface area (Å²) in [5, 5.41) is 18.3. The van der Waals surface area contributed by atoms with Gasteiger partial charge in [0.2, 0.25) is 0 Å². The predicted octanol–water partition coefficient (Wildman–Crippen LogP) is 1.68. The highest BCUT2D eigenvalue weighted by Gasteiger charge is 2.07. The Morgan fingerprint density at radius 2 is 2.31 bits per heavy atom. The Morgan fingerprint density at radius 1 is 1.50 bits per heavy atom. The molecule has 0 bridgehead atoms. The molecule has 1 aromatic heterocycles. The number of benzene rings is 1. The summed E-state index contributed by atoms with van der Waals surface area (Å²) in [5.74, 6) is -0.0515. The highest BCUT2D eigenvalue weighted by atomic mass is 16.3. The normalized spacial score (nSPS) is 10.1. The molecule has 1 heterocycles. The molecule has 0 spiro atoms. The van der Waals surface area contributed by atoms with Gasteiger partial charge in [-0.1, -0.05) is 0 Å². The molecule has 2 aromatic rings. The molecule has 5 heteroatoms. The van der Waals surface area contributed by atoms with Crippen LogP contribution >= 0.6 is 0 Å².